The Balaban J connectivity index is 0.000000218. The van der Waals surface area contributed by atoms with Gasteiger partial charge >= 0.3 is 17.1 Å². The van der Waals surface area contributed by atoms with Gasteiger partial charge in [0, 0.05) is 78.7 Å². The van der Waals surface area contributed by atoms with E-state index in [-0.39, 0.29) is 28.6 Å². The van der Waals surface area contributed by atoms with Crippen molar-refractivity contribution < 1.29 is 26.7 Å². The van der Waals surface area contributed by atoms with Crippen molar-refractivity contribution in [3.8, 4) is 0 Å². The summed E-state index contributed by atoms with van der Waals surface area (Å²) in [6.07, 6.45) is 16.7. The summed E-state index contributed by atoms with van der Waals surface area (Å²) in [5.74, 6) is -0.372. The smallest absolute Gasteiger partial charge is 0.512 e. The van der Waals surface area contributed by atoms with Gasteiger partial charge in [0.15, 0.2) is 11.6 Å². The van der Waals surface area contributed by atoms with Crippen LogP contribution in [0.25, 0.3) is 9.69 Å². The summed E-state index contributed by atoms with van der Waals surface area (Å²) < 4.78 is 6.36. The number of benzene rings is 6. The summed E-state index contributed by atoms with van der Waals surface area (Å²) in [5.41, 5.74) is 24.9. The first kappa shape index (κ1) is 65.2. The predicted molar refractivity (Wildman–Crippen MR) is 324 cm³/mol. The molecular formula is C60H50BrCl3CuN15O2. The number of halogens is 4. The van der Waals surface area contributed by atoms with Crippen LogP contribution in [-0.4, -0.2) is 63.9 Å². The minimum Gasteiger partial charge on any atom is -0.512 e. The molecule has 4 aromatic heterocycles. The standard InChI is InChI=1S/C17H14ClN3O.2C11H9N3.C10H8ClN3O.C6H6ClN.C4H4BrN.CN.Cu/c18-14-6-7-16(19)15(8-14)17(22)13-9-20-21(11-13)10-12-4-2-1-3-5-12;2*1-12-11-7-13-14(9-11)8-10-5-3-2-4-6-10;11-7-1-2-9(12)8(3-7)10(15)6-4-13-14-5-6;7-5-1-3-6(8)4-2-5;5-4-1-2-6-3-4;1-2;/h1-9,11H,10,19H2;2*2-7,9H,8H2;1-5H,12H2,(H,13,14);1-4H,8H2;1,3H,2H2;;/q;;;;;;-1;+1. The number of carbonyl (C=O) groups excluding carboxylic acids is 2. The molecule has 0 spiro atoms. The van der Waals surface area contributed by atoms with Crippen molar-refractivity contribution in [2.75, 3.05) is 23.7 Å². The average molecular weight is 1260 g/mol. The van der Waals surface area contributed by atoms with E-state index in [1.807, 2.05) is 97.1 Å². The molecule has 82 heavy (non-hydrogen) atoms. The minimum atomic E-state index is -0.191. The molecule has 0 bridgehead atoms. The Kier molecular flexibility index (Phi) is 28.1. The van der Waals surface area contributed by atoms with Crippen LogP contribution in [0.15, 0.2) is 217 Å². The molecule has 416 valence electrons. The van der Waals surface area contributed by atoms with Crippen molar-refractivity contribution in [3.05, 3.63) is 295 Å². The molecule has 0 radical (unpaired) electrons. The van der Waals surface area contributed by atoms with Crippen LogP contribution in [0.5, 0.6) is 0 Å². The maximum absolute atomic E-state index is 12.5. The molecule has 10 aromatic rings. The Morgan fingerprint density at radius 3 is 1.34 bits per heavy atom. The maximum atomic E-state index is 12.5. The van der Waals surface area contributed by atoms with Crippen molar-refractivity contribution in [3.63, 3.8) is 0 Å². The molecule has 17 nitrogen and oxygen atoms in total. The number of carbonyl (C=O) groups is 2. The average Bonchev–Trinajstić information content (AvgIpc) is 4.42. The fourth-order valence-electron chi connectivity index (χ4n) is 6.80. The second kappa shape index (κ2) is 35.3. The van der Waals surface area contributed by atoms with Gasteiger partial charge in [-0.3, -0.25) is 33.7 Å². The van der Waals surface area contributed by atoms with E-state index in [0.29, 0.717) is 61.6 Å². The fourth-order valence-corrected chi connectivity index (χ4v) is 7.56. The molecule has 0 amide bonds. The number of aromatic nitrogens is 8. The number of hydrogen-bond donors (Lipinski definition) is 4. The van der Waals surface area contributed by atoms with Crippen LogP contribution in [0.1, 0.15) is 48.5 Å². The summed E-state index contributed by atoms with van der Waals surface area (Å²) in [6, 6.07) is 46.7. The summed E-state index contributed by atoms with van der Waals surface area (Å²) in [6.45, 7) is 21.3. The third-order valence-corrected chi connectivity index (χ3v) is 12.0. The number of ketones is 2. The Morgan fingerprint density at radius 2 is 0.988 bits per heavy atom. The van der Waals surface area contributed by atoms with Crippen LogP contribution in [0, 0.1) is 25.0 Å². The molecule has 6 aromatic carbocycles. The number of H-pyrrole nitrogens is 1. The van der Waals surface area contributed by atoms with E-state index in [4.69, 9.17) is 77.0 Å². The number of nitrogen functional groups attached to an aromatic ring is 3. The van der Waals surface area contributed by atoms with Crippen LogP contribution >= 0.6 is 50.7 Å². The first-order valence-corrected chi connectivity index (χ1v) is 25.9. The molecule has 22 heteroatoms. The van der Waals surface area contributed by atoms with E-state index < -0.39 is 0 Å². The molecule has 7 N–H and O–H groups in total. The summed E-state index contributed by atoms with van der Waals surface area (Å²) in [7, 11) is 0. The number of nitrogens with two attached hydrogens (primary N) is 3. The first-order valence-electron chi connectivity index (χ1n) is 24.0. The zero-order chi connectivity index (χ0) is 58.4. The van der Waals surface area contributed by atoms with Crippen molar-refractivity contribution in [2.24, 2.45) is 4.99 Å². The van der Waals surface area contributed by atoms with E-state index in [1.165, 1.54) is 23.5 Å². The Bertz CT molecular complexity index is 3610. The van der Waals surface area contributed by atoms with Crippen LogP contribution in [0.2, 0.25) is 15.1 Å². The molecule has 0 unspecified atom stereocenters. The number of aliphatic imine (C=N–C) groups is 1. The van der Waals surface area contributed by atoms with E-state index in [2.05, 4.69) is 56.1 Å². The summed E-state index contributed by atoms with van der Waals surface area (Å²) in [5, 5.41) is 26.6. The normalized spacial score (nSPS) is 10.3. The quantitative estimate of drug-likeness (QED) is 0.0437. The van der Waals surface area contributed by atoms with Crippen molar-refractivity contribution in [1.29, 1.82) is 5.26 Å². The van der Waals surface area contributed by atoms with Gasteiger partial charge in [-0.1, -0.05) is 126 Å². The minimum absolute atomic E-state index is 0. The van der Waals surface area contributed by atoms with E-state index in [9.17, 15) is 9.59 Å². The van der Waals surface area contributed by atoms with E-state index >= 15 is 0 Å². The number of anilines is 3. The summed E-state index contributed by atoms with van der Waals surface area (Å²) in [4.78, 5) is 34.9. The van der Waals surface area contributed by atoms with Crippen LogP contribution in [-0.2, 0) is 36.7 Å². The first-order chi connectivity index (χ1) is 39.3. The zero-order valence-corrected chi connectivity index (χ0v) is 48.1. The Morgan fingerprint density at radius 1 is 0.573 bits per heavy atom. The Hall–Kier alpha value is -9.35. The monoisotopic (exact) mass is 1260 g/mol. The third-order valence-electron chi connectivity index (χ3n) is 10.7. The van der Waals surface area contributed by atoms with Gasteiger partial charge in [0.1, 0.15) is 0 Å². The number of allylic oxidation sites excluding steroid dienone is 1. The van der Waals surface area contributed by atoms with Crippen LogP contribution < -0.4 is 17.2 Å². The number of nitrogens with one attached hydrogen (secondary N) is 1. The van der Waals surface area contributed by atoms with Gasteiger partial charge < -0.3 is 29.0 Å². The molecule has 0 fully saturated rings. The van der Waals surface area contributed by atoms with Gasteiger partial charge in [0.25, 0.3) is 0 Å². The number of hydrogen-bond acceptors (Lipinski definition) is 11. The Labute approximate surface area is 508 Å². The van der Waals surface area contributed by atoms with Gasteiger partial charge in [-0.25, -0.2) is 9.69 Å². The molecule has 1 aliphatic rings. The molecule has 0 atom stereocenters. The molecular weight excluding hydrogens is 1210 g/mol. The van der Waals surface area contributed by atoms with Crippen LogP contribution in [0.3, 0.4) is 0 Å². The predicted octanol–water partition coefficient (Wildman–Crippen LogP) is 13.6. The third kappa shape index (κ3) is 22.4. The number of aromatic amines is 1. The van der Waals surface area contributed by atoms with Gasteiger partial charge in [-0.2, -0.15) is 20.4 Å². The number of rotatable bonds is 10. The molecule has 0 saturated heterocycles. The van der Waals surface area contributed by atoms with Gasteiger partial charge in [-0.05, 0) is 99.4 Å². The van der Waals surface area contributed by atoms with Crippen molar-refractivity contribution >= 4 is 97.0 Å². The van der Waals surface area contributed by atoms with Crippen molar-refractivity contribution in [2.45, 2.75) is 19.6 Å². The zero-order valence-electron chi connectivity index (χ0n) is 43.3. The molecule has 1 aliphatic heterocycles. The fraction of sp³-hybridized carbons (Fsp3) is 0.0667. The molecule has 0 saturated carbocycles. The molecule has 0 aliphatic carbocycles. The van der Waals surface area contributed by atoms with Gasteiger partial charge in [0.2, 0.25) is 11.4 Å². The van der Waals surface area contributed by atoms with Gasteiger partial charge in [0.05, 0.1) is 75.2 Å². The van der Waals surface area contributed by atoms with Crippen LogP contribution in [0.4, 0.5) is 28.4 Å². The topological polar surface area (TPSA) is 239 Å². The molecule has 5 heterocycles. The van der Waals surface area contributed by atoms with E-state index in [1.54, 1.807) is 118 Å². The van der Waals surface area contributed by atoms with Crippen molar-refractivity contribution in [1.82, 2.24) is 39.5 Å². The van der Waals surface area contributed by atoms with E-state index in [0.717, 1.165) is 40.4 Å². The summed E-state index contributed by atoms with van der Waals surface area (Å²) >= 11 is 20.5. The second-order valence-corrected chi connectivity index (χ2v) is 18.9. The van der Waals surface area contributed by atoms with Gasteiger partial charge in [-0.15, -0.1) is 0 Å². The SMILES string of the molecule is BrC1=CCN=C1.Nc1ccc(Cl)cc1.Nc1ccc(Cl)cc1C(=O)c1cn[nH]c1.Nc1ccc(Cl)cc1C(=O)c1cnn(Cc2ccccc2)c1.[C-]#N.[C-]#[N+]c1cnn(Cc2ccccc2)c1.[C-]#[N+]c1cnn(Cc2ccccc2)c1.[Cu+]. The maximum Gasteiger partial charge on any atom is 1.00 e. The number of nitrogens with zero attached hydrogens (tertiary/aromatic N) is 11. The second-order valence-electron chi connectivity index (χ2n) is 16.6. The molecule has 11 rings (SSSR count). The largest absolute Gasteiger partial charge is 1.00 e.